The smallest absolute Gasteiger partial charge is 0.317 e. The number of unbranched alkanes of at least 4 members (excludes halogenated alkanes) is 2. The number of carboxylic acid groups (broad SMARTS) is 1. The first-order valence-electron chi connectivity index (χ1n) is 7.67. The molecule has 0 rings (SSSR count). The van der Waals surface area contributed by atoms with Crippen molar-refractivity contribution >= 4 is 12.0 Å². The summed E-state index contributed by atoms with van der Waals surface area (Å²) in [6, 6.07) is 0.149. The lowest BCUT2D eigenvalue weighted by Crippen LogP contribution is -2.47. The predicted molar refractivity (Wildman–Crippen MR) is 80.8 cm³/mol. The molecule has 118 valence electrons. The molecule has 0 saturated heterocycles. The number of nitrogens with zero attached hydrogens (tertiary/aromatic N) is 1. The van der Waals surface area contributed by atoms with Crippen LogP contribution < -0.4 is 5.32 Å². The van der Waals surface area contributed by atoms with E-state index in [0.717, 1.165) is 12.8 Å². The van der Waals surface area contributed by atoms with Crippen molar-refractivity contribution in [2.45, 2.75) is 78.3 Å². The molecule has 0 aromatic carbocycles. The van der Waals surface area contributed by atoms with Gasteiger partial charge in [0.15, 0.2) is 0 Å². The van der Waals surface area contributed by atoms with Gasteiger partial charge in [0.1, 0.15) is 0 Å². The maximum absolute atomic E-state index is 12.2. The lowest BCUT2D eigenvalue weighted by molar-refractivity contribution is -0.137. The monoisotopic (exact) mass is 286 g/mol. The maximum Gasteiger partial charge on any atom is 0.317 e. The minimum absolute atomic E-state index is 0.0756. The second kappa shape index (κ2) is 10.5. The number of carbonyl (C=O) groups is 2. The highest BCUT2D eigenvalue weighted by Gasteiger charge is 2.18. The Bertz CT molecular complexity index is 293. The van der Waals surface area contributed by atoms with Crippen LogP contribution >= 0.6 is 0 Å². The van der Waals surface area contributed by atoms with Gasteiger partial charge < -0.3 is 15.3 Å². The number of carbonyl (C=O) groups excluding carboxylic acids is 1. The molecule has 0 aromatic heterocycles. The van der Waals surface area contributed by atoms with Gasteiger partial charge in [-0.3, -0.25) is 4.79 Å². The highest BCUT2D eigenvalue weighted by Crippen LogP contribution is 2.06. The third-order valence-corrected chi connectivity index (χ3v) is 3.28. The van der Waals surface area contributed by atoms with Gasteiger partial charge in [0.05, 0.1) is 0 Å². The van der Waals surface area contributed by atoms with E-state index in [1.165, 1.54) is 12.8 Å². The Kier molecular flexibility index (Phi) is 9.86. The van der Waals surface area contributed by atoms with E-state index in [2.05, 4.69) is 12.2 Å². The predicted octanol–water partition coefficient (Wildman–Crippen LogP) is 3.24. The van der Waals surface area contributed by atoms with Gasteiger partial charge in [-0.1, -0.05) is 26.2 Å². The minimum Gasteiger partial charge on any atom is -0.481 e. The summed E-state index contributed by atoms with van der Waals surface area (Å²) in [6.45, 7) is 8.55. The zero-order valence-electron chi connectivity index (χ0n) is 13.3. The van der Waals surface area contributed by atoms with Gasteiger partial charge in [-0.05, 0) is 33.6 Å². The number of nitrogens with one attached hydrogen (secondary N) is 1. The van der Waals surface area contributed by atoms with Gasteiger partial charge in [0.2, 0.25) is 0 Å². The van der Waals surface area contributed by atoms with Gasteiger partial charge in [0, 0.05) is 25.0 Å². The summed E-state index contributed by atoms with van der Waals surface area (Å²) < 4.78 is 0. The van der Waals surface area contributed by atoms with Crippen LogP contribution in [-0.4, -0.2) is 40.6 Å². The van der Waals surface area contributed by atoms with Crippen LogP contribution in [0.15, 0.2) is 0 Å². The number of carboxylic acids is 1. The molecule has 0 aromatic rings. The molecular formula is C15H30N2O3. The van der Waals surface area contributed by atoms with Gasteiger partial charge in [-0.25, -0.2) is 4.79 Å². The molecule has 0 bridgehead atoms. The van der Waals surface area contributed by atoms with E-state index in [1.807, 2.05) is 20.8 Å². The van der Waals surface area contributed by atoms with E-state index in [9.17, 15) is 9.59 Å². The molecule has 0 saturated carbocycles. The second-order valence-electron chi connectivity index (χ2n) is 5.63. The Balaban J connectivity index is 4.17. The van der Waals surface area contributed by atoms with E-state index in [1.54, 1.807) is 4.90 Å². The quantitative estimate of drug-likeness (QED) is 0.606. The summed E-state index contributed by atoms with van der Waals surface area (Å²) in [5.41, 5.74) is 0. The first-order valence-corrected chi connectivity index (χ1v) is 7.67. The fraction of sp³-hybridized carbons (Fsp3) is 0.867. The molecule has 1 unspecified atom stereocenters. The van der Waals surface area contributed by atoms with Gasteiger partial charge in [-0.15, -0.1) is 0 Å². The molecule has 0 aliphatic carbocycles. The summed E-state index contributed by atoms with van der Waals surface area (Å²) in [4.78, 5) is 24.4. The summed E-state index contributed by atoms with van der Waals surface area (Å²) in [5.74, 6) is -0.818. The fourth-order valence-corrected chi connectivity index (χ4v) is 2.06. The van der Waals surface area contributed by atoms with Crippen LogP contribution in [-0.2, 0) is 4.79 Å². The van der Waals surface area contributed by atoms with Crippen LogP contribution in [0.25, 0.3) is 0 Å². The molecule has 5 nitrogen and oxygen atoms in total. The van der Waals surface area contributed by atoms with Gasteiger partial charge >= 0.3 is 12.0 Å². The molecular weight excluding hydrogens is 256 g/mol. The van der Waals surface area contributed by atoms with Crippen molar-refractivity contribution in [3.8, 4) is 0 Å². The summed E-state index contributed by atoms with van der Waals surface area (Å²) in [5, 5.41) is 11.6. The summed E-state index contributed by atoms with van der Waals surface area (Å²) >= 11 is 0. The first kappa shape index (κ1) is 18.7. The molecule has 1 atom stereocenters. The highest BCUT2D eigenvalue weighted by molar-refractivity contribution is 5.74. The van der Waals surface area contributed by atoms with Crippen LogP contribution in [0, 0.1) is 0 Å². The Morgan fingerprint density at radius 2 is 1.80 bits per heavy atom. The number of aliphatic carboxylic acids is 1. The van der Waals surface area contributed by atoms with E-state index in [-0.39, 0.29) is 24.5 Å². The van der Waals surface area contributed by atoms with Crippen molar-refractivity contribution in [1.29, 1.82) is 0 Å². The summed E-state index contributed by atoms with van der Waals surface area (Å²) in [7, 11) is 0. The standard InChI is InChI=1S/C15H30N2O3/c1-5-6-7-9-13(4)16-15(20)17(12(2)3)11-8-10-14(18)19/h12-13H,5-11H2,1-4H3,(H,16,20)(H,18,19). The van der Waals surface area contributed by atoms with Crippen molar-refractivity contribution in [2.75, 3.05) is 6.54 Å². The van der Waals surface area contributed by atoms with Crippen LogP contribution in [0.5, 0.6) is 0 Å². The normalized spacial score (nSPS) is 12.2. The average Bonchev–Trinajstić information content (AvgIpc) is 2.33. The molecule has 0 heterocycles. The minimum atomic E-state index is -0.818. The van der Waals surface area contributed by atoms with Crippen molar-refractivity contribution < 1.29 is 14.7 Å². The van der Waals surface area contributed by atoms with E-state index < -0.39 is 5.97 Å². The van der Waals surface area contributed by atoms with Crippen LogP contribution in [0.1, 0.15) is 66.2 Å². The Hall–Kier alpha value is -1.26. The lowest BCUT2D eigenvalue weighted by atomic mass is 10.1. The number of hydrogen-bond acceptors (Lipinski definition) is 2. The fourth-order valence-electron chi connectivity index (χ4n) is 2.06. The third kappa shape index (κ3) is 8.77. The zero-order chi connectivity index (χ0) is 15.5. The highest BCUT2D eigenvalue weighted by atomic mass is 16.4. The molecule has 0 fully saturated rings. The maximum atomic E-state index is 12.2. The summed E-state index contributed by atoms with van der Waals surface area (Å²) in [6.07, 6.45) is 5.06. The molecule has 20 heavy (non-hydrogen) atoms. The molecule has 2 amide bonds. The zero-order valence-corrected chi connectivity index (χ0v) is 13.3. The van der Waals surface area contributed by atoms with Crippen LogP contribution in [0.3, 0.4) is 0 Å². The average molecular weight is 286 g/mol. The van der Waals surface area contributed by atoms with Crippen LogP contribution in [0.2, 0.25) is 0 Å². The SMILES string of the molecule is CCCCCC(C)NC(=O)N(CCCC(=O)O)C(C)C. The molecule has 5 heteroatoms. The van der Waals surface area contributed by atoms with Crippen molar-refractivity contribution in [1.82, 2.24) is 10.2 Å². The largest absolute Gasteiger partial charge is 0.481 e. The number of urea groups is 1. The number of rotatable bonds is 10. The Morgan fingerprint density at radius 1 is 1.15 bits per heavy atom. The van der Waals surface area contributed by atoms with E-state index in [0.29, 0.717) is 13.0 Å². The first-order chi connectivity index (χ1) is 9.38. The van der Waals surface area contributed by atoms with E-state index >= 15 is 0 Å². The lowest BCUT2D eigenvalue weighted by Gasteiger charge is -2.28. The van der Waals surface area contributed by atoms with Crippen molar-refractivity contribution in [3.05, 3.63) is 0 Å². The van der Waals surface area contributed by atoms with Gasteiger partial charge in [-0.2, -0.15) is 0 Å². The van der Waals surface area contributed by atoms with E-state index in [4.69, 9.17) is 5.11 Å². The van der Waals surface area contributed by atoms with Gasteiger partial charge in [0.25, 0.3) is 0 Å². The molecule has 0 radical (unpaired) electrons. The molecule has 0 aliphatic heterocycles. The molecule has 0 spiro atoms. The van der Waals surface area contributed by atoms with Crippen LogP contribution in [0.4, 0.5) is 4.79 Å². The molecule has 0 aliphatic rings. The van der Waals surface area contributed by atoms with Crippen molar-refractivity contribution in [3.63, 3.8) is 0 Å². The Labute approximate surface area is 122 Å². The molecule has 2 N–H and O–H groups in total. The second-order valence-corrected chi connectivity index (χ2v) is 5.63. The topological polar surface area (TPSA) is 69.6 Å². The third-order valence-electron chi connectivity index (χ3n) is 3.28. The number of amides is 2. The van der Waals surface area contributed by atoms with Crippen molar-refractivity contribution in [2.24, 2.45) is 0 Å². The Morgan fingerprint density at radius 3 is 2.30 bits per heavy atom. The number of hydrogen-bond donors (Lipinski definition) is 2.